The molecule has 0 radical (unpaired) electrons. The van der Waals surface area contributed by atoms with Crippen molar-refractivity contribution < 1.29 is 31.1 Å². The Hall–Kier alpha value is -3.37. The number of benzene rings is 3. The zero-order valence-corrected chi connectivity index (χ0v) is 18.7. The van der Waals surface area contributed by atoms with Gasteiger partial charge < -0.3 is 9.64 Å². The number of nitrogens with one attached hydrogen (secondary N) is 1. The van der Waals surface area contributed by atoms with Crippen LogP contribution in [0.15, 0.2) is 77.7 Å². The van der Waals surface area contributed by atoms with Crippen LogP contribution >= 0.6 is 0 Å². The van der Waals surface area contributed by atoms with Crippen molar-refractivity contribution in [2.75, 3.05) is 18.0 Å². The Morgan fingerprint density at radius 1 is 0.882 bits per heavy atom. The first-order valence-electron chi connectivity index (χ1n) is 10.4. The first kappa shape index (κ1) is 23.8. The SMILES string of the molecule is O=C(CNS(=O)(=O)c1ccc(OC(F)(F)F)cc1)CN1c2ccccc2CCc2ccccc21. The summed E-state index contributed by atoms with van der Waals surface area (Å²) in [6, 6.07) is 19.3. The average Bonchev–Trinajstić information content (AvgIpc) is 2.95. The molecule has 0 fully saturated rings. The molecule has 3 aromatic rings. The zero-order valence-electron chi connectivity index (χ0n) is 17.9. The van der Waals surface area contributed by atoms with Crippen LogP contribution in [0.1, 0.15) is 11.1 Å². The highest BCUT2D eigenvalue weighted by Crippen LogP contribution is 2.35. The van der Waals surface area contributed by atoms with Crippen molar-refractivity contribution in [3.8, 4) is 5.75 Å². The number of ether oxygens (including phenoxy) is 1. The largest absolute Gasteiger partial charge is 0.573 e. The summed E-state index contributed by atoms with van der Waals surface area (Å²) in [6.07, 6.45) is -3.24. The molecule has 0 saturated carbocycles. The maximum absolute atomic E-state index is 12.8. The molecule has 1 aliphatic heterocycles. The topological polar surface area (TPSA) is 75.7 Å². The van der Waals surface area contributed by atoms with E-state index < -0.39 is 28.7 Å². The van der Waals surface area contributed by atoms with Crippen LogP contribution in [-0.4, -0.2) is 33.7 Å². The molecular weight excluding hydrogens is 469 g/mol. The van der Waals surface area contributed by atoms with Gasteiger partial charge in [0, 0.05) is 11.4 Å². The van der Waals surface area contributed by atoms with Crippen LogP contribution in [0.4, 0.5) is 24.5 Å². The van der Waals surface area contributed by atoms with Crippen LogP contribution in [0.2, 0.25) is 0 Å². The van der Waals surface area contributed by atoms with Crippen molar-refractivity contribution in [1.29, 1.82) is 0 Å². The molecule has 6 nitrogen and oxygen atoms in total. The summed E-state index contributed by atoms with van der Waals surface area (Å²) < 4.78 is 67.9. The first-order valence-corrected chi connectivity index (χ1v) is 11.9. The van der Waals surface area contributed by atoms with Crippen LogP contribution < -0.4 is 14.4 Å². The van der Waals surface area contributed by atoms with Crippen molar-refractivity contribution >= 4 is 27.2 Å². The third-order valence-corrected chi connectivity index (χ3v) is 6.81. The molecule has 0 amide bonds. The van der Waals surface area contributed by atoms with E-state index in [9.17, 15) is 26.4 Å². The normalized spacial score (nSPS) is 13.6. The number of sulfonamides is 1. The van der Waals surface area contributed by atoms with Gasteiger partial charge in [0.1, 0.15) is 5.75 Å². The highest BCUT2D eigenvalue weighted by Gasteiger charge is 2.31. The fourth-order valence-corrected chi connectivity index (χ4v) is 4.86. The number of carbonyl (C=O) groups is 1. The smallest absolute Gasteiger partial charge is 0.406 e. The number of hydrogen-bond acceptors (Lipinski definition) is 5. The maximum atomic E-state index is 12.8. The third kappa shape index (κ3) is 5.57. The van der Waals surface area contributed by atoms with Crippen LogP contribution in [0.25, 0.3) is 0 Å². The molecular formula is C24H21F3N2O4S. The number of hydrogen-bond donors (Lipinski definition) is 1. The van der Waals surface area contributed by atoms with Gasteiger partial charge in [-0.1, -0.05) is 36.4 Å². The highest BCUT2D eigenvalue weighted by atomic mass is 32.2. The van der Waals surface area contributed by atoms with Gasteiger partial charge in [-0.2, -0.15) is 0 Å². The van der Waals surface area contributed by atoms with E-state index in [0.29, 0.717) is 0 Å². The number of para-hydroxylation sites is 2. The quantitative estimate of drug-likeness (QED) is 0.533. The van der Waals surface area contributed by atoms with E-state index in [1.165, 1.54) is 0 Å². The number of fused-ring (bicyclic) bond motifs is 2. The molecule has 0 atom stereocenters. The summed E-state index contributed by atoms with van der Waals surface area (Å²) in [4.78, 5) is 14.4. The number of nitrogens with zero attached hydrogens (tertiary/aromatic N) is 1. The molecule has 0 bridgehead atoms. The second-order valence-electron chi connectivity index (χ2n) is 7.73. The molecule has 0 aliphatic carbocycles. The van der Waals surface area contributed by atoms with Gasteiger partial charge in [-0.3, -0.25) is 4.79 Å². The lowest BCUT2D eigenvalue weighted by atomic mass is 10.0. The lowest BCUT2D eigenvalue weighted by Crippen LogP contribution is -2.35. The second-order valence-corrected chi connectivity index (χ2v) is 9.49. The fourth-order valence-electron chi connectivity index (χ4n) is 3.85. The molecule has 0 unspecified atom stereocenters. The van der Waals surface area contributed by atoms with Crippen molar-refractivity contribution in [3.63, 3.8) is 0 Å². The van der Waals surface area contributed by atoms with Crippen LogP contribution in [0, 0.1) is 0 Å². The van der Waals surface area contributed by atoms with Gasteiger partial charge in [-0.15, -0.1) is 13.2 Å². The lowest BCUT2D eigenvalue weighted by molar-refractivity contribution is -0.274. The fraction of sp³-hybridized carbons (Fsp3) is 0.208. The molecule has 1 aliphatic rings. The minimum atomic E-state index is -4.88. The number of halogens is 3. The second kappa shape index (κ2) is 9.47. The number of rotatable bonds is 7. The van der Waals surface area contributed by atoms with Gasteiger partial charge >= 0.3 is 6.36 Å². The van der Waals surface area contributed by atoms with Crippen molar-refractivity contribution in [1.82, 2.24) is 4.72 Å². The molecule has 1 N–H and O–H groups in total. The average molecular weight is 491 g/mol. The van der Waals surface area contributed by atoms with E-state index >= 15 is 0 Å². The Balaban J connectivity index is 1.47. The lowest BCUT2D eigenvalue weighted by Gasteiger charge is -2.26. The molecule has 3 aromatic carbocycles. The molecule has 34 heavy (non-hydrogen) atoms. The number of ketones is 1. The standard InChI is InChI=1S/C24H21F3N2O4S/c25-24(26,27)33-20-11-13-21(14-12-20)34(31,32)28-15-19(30)16-29-22-7-3-1-5-17(22)9-10-18-6-2-4-8-23(18)29/h1-8,11-14,28H,9-10,15-16H2. The van der Waals surface area contributed by atoms with E-state index in [1.54, 1.807) is 0 Å². The summed E-state index contributed by atoms with van der Waals surface area (Å²) in [7, 11) is -4.11. The third-order valence-electron chi connectivity index (χ3n) is 5.39. The molecule has 10 heteroatoms. The monoisotopic (exact) mass is 490 g/mol. The van der Waals surface area contributed by atoms with Gasteiger partial charge in [0.2, 0.25) is 10.0 Å². The van der Waals surface area contributed by atoms with Gasteiger partial charge in [0.05, 0.1) is 18.0 Å². The Labute approximate surface area is 195 Å². The zero-order chi connectivity index (χ0) is 24.3. The Morgan fingerprint density at radius 2 is 1.41 bits per heavy atom. The molecule has 0 saturated heterocycles. The summed E-state index contributed by atoms with van der Waals surface area (Å²) >= 11 is 0. The number of anilines is 2. The van der Waals surface area contributed by atoms with Gasteiger partial charge in [-0.05, 0) is 60.4 Å². The van der Waals surface area contributed by atoms with E-state index in [0.717, 1.165) is 59.6 Å². The minimum absolute atomic E-state index is 0.0467. The predicted octanol–water partition coefficient (Wildman–Crippen LogP) is 4.37. The Bertz CT molecular complexity index is 1240. The van der Waals surface area contributed by atoms with Crippen LogP contribution in [-0.2, 0) is 27.7 Å². The van der Waals surface area contributed by atoms with Crippen LogP contribution in [0.5, 0.6) is 5.75 Å². The summed E-state index contributed by atoms with van der Waals surface area (Å²) in [5, 5.41) is 0. The highest BCUT2D eigenvalue weighted by molar-refractivity contribution is 7.89. The summed E-state index contributed by atoms with van der Waals surface area (Å²) in [6.45, 7) is -0.515. The number of alkyl halides is 3. The number of Topliss-reactive ketones (excluding diaryl/α,β-unsaturated/α-hetero) is 1. The summed E-state index contributed by atoms with van der Waals surface area (Å²) in [5.41, 5.74) is 3.97. The van der Waals surface area contributed by atoms with E-state index in [-0.39, 0.29) is 17.2 Å². The molecule has 0 spiro atoms. The molecule has 1 heterocycles. The number of aryl methyl sites for hydroxylation is 2. The van der Waals surface area contributed by atoms with Crippen molar-refractivity contribution in [3.05, 3.63) is 83.9 Å². The maximum Gasteiger partial charge on any atom is 0.573 e. The van der Waals surface area contributed by atoms with Crippen molar-refractivity contribution in [2.45, 2.75) is 24.1 Å². The van der Waals surface area contributed by atoms with E-state index in [2.05, 4.69) is 9.46 Å². The van der Waals surface area contributed by atoms with Gasteiger partial charge in [0.15, 0.2) is 5.78 Å². The predicted molar refractivity (Wildman–Crippen MR) is 121 cm³/mol. The van der Waals surface area contributed by atoms with Gasteiger partial charge in [-0.25, -0.2) is 13.1 Å². The molecule has 0 aromatic heterocycles. The van der Waals surface area contributed by atoms with E-state index in [4.69, 9.17) is 0 Å². The molecule has 178 valence electrons. The molecule has 4 rings (SSSR count). The first-order chi connectivity index (χ1) is 16.1. The Kier molecular flexibility index (Phi) is 6.63. The van der Waals surface area contributed by atoms with Crippen LogP contribution in [0.3, 0.4) is 0 Å². The Morgan fingerprint density at radius 3 is 1.94 bits per heavy atom. The number of carbonyl (C=O) groups excluding carboxylic acids is 1. The van der Waals surface area contributed by atoms with Crippen molar-refractivity contribution in [2.24, 2.45) is 0 Å². The van der Waals surface area contributed by atoms with Gasteiger partial charge in [0.25, 0.3) is 0 Å². The summed E-state index contributed by atoms with van der Waals surface area (Å²) in [5.74, 6) is -0.909. The minimum Gasteiger partial charge on any atom is -0.406 e. The van der Waals surface area contributed by atoms with E-state index in [1.807, 2.05) is 53.4 Å².